The van der Waals surface area contributed by atoms with Gasteiger partial charge in [0, 0.05) is 23.5 Å². The summed E-state index contributed by atoms with van der Waals surface area (Å²) in [4.78, 5) is 19.5. The molecular weight excluding hydrogens is 334 g/mol. The van der Waals surface area contributed by atoms with Gasteiger partial charge in [-0.15, -0.1) is 0 Å². The first kappa shape index (κ1) is 16.5. The third kappa shape index (κ3) is 3.26. The Balaban J connectivity index is 2.00. The Hall–Kier alpha value is -3.97. The molecule has 4 nitrogen and oxygen atoms in total. The molecule has 0 atom stereocenters. The first-order valence-electron chi connectivity index (χ1n) is 8.50. The molecule has 0 aliphatic carbocycles. The van der Waals surface area contributed by atoms with Crippen molar-refractivity contribution in [3.05, 3.63) is 101 Å². The second-order valence-corrected chi connectivity index (χ2v) is 6.08. The van der Waals surface area contributed by atoms with E-state index in [0.29, 0.717) is 11.1 Å². The molecule has 0 saturated heterocycles. The second-order valence-electron chi connectivity index (χ2n) is 6.08. The molecule has 0 saturated carbocycles. The molecule has 0 aliphatic heterocycles. The van der Waals surface area contributed by atoms with Crippen molar-refractivity contribution in [1.29, 1.82) is 5.26 Å². The second kappa shape index (κ2) is 7.11. The van der Waals surface area contributed by atoms with Gasteiger partial charge >= 0.3 is 0 Å². The molecule has 0 unspecified atom stereocenters. The fourth-order valence-corrected chi connectivity index (χ4v) is 3.10. The number of aromatic nitrogens is 2. The zero-order valence-corrected chi connectivity index (χ0v) is 14.4. The summed E-state index contributed by atoms with van der Waals surface area (Å²) in [6, 6.07) is 24.9. The highest BCUT2D eigenvalue weighted by molar-refractivity contribution is 5.81. The van der Waals surface area contributed by atoms with Crippen molar-refractivity contribution in [3.8, 4) is 39.6 Å². The van der Waals surface area contributed by atoms with E-state index in [1.165, 1.54) is 0 Å². The number of pyridine rings is 2. The van der Waals surface area contributed by atoms with Gasteiger partial charge in [-0.3, -0.25) is 9.78 Å². The van der Waals surface area contributed by atoms with Gasteiger partial charge in [-0.05, 0) is 65.2 Å². The Morgan fingerprint density at radius 1 is 0.815 bits per heavy atom. The van der Waals surface area contributed by atoms with Gasteiger partial charge in [0.25, 0.3) is 5.56 Å². The average molecular weight is 349 g/mol. The van der Waals surface area contributed by atoms with E-state index in [2.05, 4.69) is 16.0 Å². The minimum Gasteiger partial charge on any atom is -0.329 e. The molecule has 0 radical (unpaired) electrons. The monoisotopic (exact) mass is 349 g/mol. The fourth-order valence-electron chi connectivity index (χ4n) is 3.10. The van der Waals surface area contributed by atoms with Crippen LogP contribution in [0.1, 0.15) is 5.56 Å². The maximum Gasteiger partial charge on any atom is 0.255 e. The summed E-state index contributed by atoms with van der Waals surface area (Å²) < 4.78 is 0. The number of nitrogens with zero attached hydrogens (tertiary/aromatic N) is 2. The van der Waals surface area contributed by atoms with Crippen LogP contribution in [0.15, 0.2) is 90.0 Å². The van der Waals surface area contributed by atoms with Crippen molar-refractivity contribution in [2.75, 3.05) is 0 Å². The lowest BCUT2D eigenvalue weighted by Gasteiger charge is -2.11. The zero-order chi connectivity index (χ0) is 18.6. The molecule has 4 rings (SSSR count). The lowest BCUT2D eigenvalue weighted by Crippen LogP contribution is -2.07. The van der Waals surface area contributed by atoms with E-state index in [9.17, 15) is 10.1 Å². The van der Waals surface area contributed by atoms with E-state index in [1.807, 2.05) is 54.6 Å². The highest BCUT2D eigenvalue weighted by atomic mass is 16.1. The Bertz CT molecular complexity index is 1200. The van der Waals surface area contributed by atoms with Crippen molar-refractivity contribution in [3.63, 3.8) is 0 Å². The van der Waals surface area contributed by atoms with Gasteiger partial charge in [-0.1, -0.05) is 24.3 Å². The number of hydrogen-bond donors (Lipinski definition) is 1. The molecular formula is C23H15N3O. The number of aromatic amines is 1. The van der Waals surface area contributed by atoms with Crippen LogP contribution in [0.25, 0.3) is 33.5 Å². The number of benzene rings is 2. The molecule has 0 bridgehead atoms. The molecule has 0 amide bonds. The van der Waals surface area contributed by atoms with E-state index in [0.717, 1.165) is 27.9 Å². The summed E-state index contributed by atoms with van der Waals surface area (Å²) in [5.74, 6) is 0. The lowest BCUT2D eigenvalue weighted by molar-refractivity contribution is 1.24. The first-order chi connectivity index (χ1) is 13.3. The highest BCUT2D eigenvalue weighted by Crippen LogP contribution is 2.32. The molecule has 0 spiro atoms. The zero-order valence-electron chi connectivity index (χ0n) is 14.4. The van der Waals surface area contributed by atoms with Gasteiger partial charge in [0.1, 0.15) is 0 Å². The number of nitriles is 1. The molecule has 0 fully saturated rings. The van der Waals surface area contributed by atoms with E-state index in [-0.39, 0.29) is 5.56 Å². The average Bonchev–Trinajstić information content (AvgIpc) is 2.74. The summed E-state index contributed by atoms with van der Waals surface area (Å²) in [5.41, 5.74) is 5.17. The molecule has 1 N–H and O–H groups in total. The van der Waals surface area contributed by atoms with Gasteiger partial charge in [0.15, 0.2) is 0 Å². The summed E-state index contributed by atoms with van der Waals surface area (Å²) >= 11 is 0. The van der Waals surface area contributed by atoms with E-state index < -0.39 is 0 Å². The Kier molecular flexibility index (Phi) is 4.34. The van der Waals surface area contributed by atoms with Gasteiger partial charge in [-0.2, -0.15) is 5.26 Å². The third-order valence-corrected chi connectivity index (χ3v) is 4.38. The van der Waals surface area contributed by atoms with Crippen LogP contribution in [0, 0.1) is 11.3 Å². The largest absolute Gasteiger partial charge is 0.329 e. The fraction of sp³-hybridized carbons (Fsp3) is 0. The molecule has 2 heterocycles. The highest BCUT2D eigenvalue weighted by Gasteiger charge is 2.11. The molecule has 4 heteroatoms. The lowest BCUT2D eigenvalue weighted by atomic mass is 9.93. The normalized spacial score (nSPS) is 10.3. The van der Waals surface area contributed by atoms with Crippen LogP contribution < -0.4 is 5.56 Å². The van der Waals surface area contributed by atoms with Crippen LogP contribution in [0.4, 0.5) is 0 Å². The van der Waals surface area contributed by atoms with Crippen LogP contribution in [-0.2, 0) is 0 Å². The quantitative estimate of drug-likeness (QED) is 0.586. The summed E-state index contributed by atoms with van der Waals surface area (Å²) in [6.07, 6.45) is 3.35. The Morgan fingerprint density at radius 2 is 1.52 bits per heavy atom. The van der Waals surface area contributed by atoms with Crippen LogP contribution >= 0.6 is 0 Å². The molecule has 2 aromatic heterocycles. The van der Waals surface area contributed by atoms with Crippen molar-refractivity contribution >= 4 is 0 Å². The maximum atomic E-state index is 12.3. The van der Waals surface area contributed by atoms with Gasteiger partial charge in [-0.25, -0.2) is 0 Å². The minimum atomic E-state index is -0.157. The molecule has 27 heavy (non-hydrogen) atoms. The van der Waals surface area contributed by atoms with Gasteiger partial charge in [0.05, 0.1) is 17.3 Å². The smallest absolute Gasteiger partial charge is 0.255 e. The summed E-state index contributed by atoms with van der Waals surface area (Å²) in [7, 11) is 0. The Labute approximate surface area is 156 Å². The van der Waals surface area contributed by atoms with Crippen LogP contribution in [0.5, 0.6) is 0 Å². The SMILES string of the molecule is N#Cc1ccccc1-c1cc(-c2ccccn2)cc(-c2ccc[nH]c2=O)c1. The summed E-state index contributed by atoms with van der Waals surface area (Å²) in [6.45, 7) is 0. The third-order valence-electron chi connectivity index (χ3n) is 4.38. The number of hydrogen-bond acceptors (Lipinski definition) is 3. The van der Waals surface area contributed by atoms with Gasteiger partial charge in [0.2, 0.25) is 0 Å². The molecule has 4 aromatic rings. The first-order valence-corrected chi connectivity index (χ1v) is 8.50. The predicted octanol–water partition coefficient (Wildman–Crippen LogP) is 4.64. The van der Waals surface area contributed by atoms with Crippen LogP contribution in [0.2, 0.25) is 0 Å². The van der Waals surface area contributed by atoms with E-state index in [4.69, 9.17) is 0 Å². The number of rotatable bonds is 3. The van der Waals surface area contributed by atoms with Gasteiger partial charge < -0.3 is 4.98 Å². The Morgan fingerprint density at radius 3 is 2.26 bits per heavy atom. The standard InChI is InChI=1S/C23H15N3O/c24-15-16-6-1-2-7-20(16)17-12-18(21-8-5-11-26-23(21)27)14-19(13-17)22-9-3-4-10-25-22/h1-14H,(H,26,27). The molecule has 2 aromatic carbocycles. The van der Waals surface area contributed by atoms with Crippen LogP contribution in [0.3, 0.4) is 0 Å². The predicted molar refractivity (Wildman–Crippen MR) is 106 cm³/mol. The minimum absolute atomic E-state index is 0.157. The van der Waals surface area contributed by atoms with E-state index in [1.54, 1.807) is 30.6 Å². The van der Waals surface area contributed by atoms with Crippen molar-refractivity contribution in [2.45, 2.75) is 0 Å². The van der Waals surface area contributed by atoms with Crippen LogP contribution in [-0.4, -0.2) is 9.97 Å². The maximum absolute atomic E-state index is 12.3. The number of nitrogens with one attached hydrogen (secondary N) is 1. The topological polar surface area (TPSA) is 69.5 Å². The van der Waals surface area contributed by atoms with Crippen molar-refractivity contribution in [1.82, 2.24) is 9.97 Å². The van der Waals surface area contributed by atoms with E-state index >= 15 is 0 Å². The van der Waals surface area contributed by atoms with Crippen molar-refractivity contribution < 1.29 is 0 Å². The molecule has 128 valence electrons. The van der Waals surface area contributed by atoms with Crippen molar-refractivity contribution in [2.24, 2.45) is 0 Å². The summed E-state index contributed by atoms with van der Waals surface area (Å²) in [5, 5.41) is 9.48. The number of H-pyrrole nitrogens is 1. The molecule has 0 aliphatic rings.